The van der Waals surface area contributed by atoms with Gasteiger partial charge in [0.1, 0.15) is 0 Å². The van der Waals surface area contributed by atoms with Gasteiger partial charge in [-0.05, 0) is 40.2 Å². The summed E-state index contributed by atoms with van der Waals surface area (Å²) in [6.07, 6.45) is 2.05. The first kappa shape index (κ1) is 13.4. The van der Waals surface area contributed by atoms with Crippen LogP contribution in [0.1, 0.15) is 38.8 Å². The lowest BCUT2D eigenvalue weighted by Crippen LogP contribution is -2.41. The number of hydrogen-bond acceptors (Lipinski definition) is 2. The van der Waals surface area contributed by atoms with Crippen molar-refractivity contribution >= 4 is 13.2 Å². The van der Waals surface area contributed by atoms with E-state index in [-0.39, 0.29) is 18.3 Å². The van der Waals surface area contributed by atoms with Crippen molar-refractivity contribution in [3.05, 3.63) is 41.4 Å². The van der Waals surface area contributed by atoms with Crippen LogP contribution in [0.15, 0.2) is 30.2 Å². The quantitative estimate of drug-likeness (QED) is 0.739. The van der Waals surface area contributed by atoms with Crippen molar-refractivity contribution in [2.24, 2.45) is 0 Å². The normalized spacial score (nSPS) is 21.7. The smallest absolute Gasteiger partial charge is 0.400 e. The molecule has 0 N–H and O–H groups in total. The molecule has 1 aromatic carbocycles. The van der Waals surface area contributed by atoms with Crippen LogP contribution in [0.4, 0.5) is 0 Å². The molecular weight excluding hydrogens is 223 g/mol. The molecule has 0 amide bonds. The number of hydrogen-bond donors (Lipinski definition) is 0. The lowest BCUT2D eigenvalue weighted by molar-refractivity contribution is 0.00578. The Balaban J connectivity index is 2.08. The van der Waals surface area contributed by atoms with Gasteiger partial charge in [0, 0.05) is 0 Å². The number of benzene rings is 1. The minimum Gasteiger partial charge on any atom is -0.400 e. The van der Waals surface area contributed by atoms with Crippen molar-refractivity contribution in [2.75, 3.05) is 0 Å². The Labute approximate surface area is 110 Å². The van der Waals surface area contributed by atoms with E-state index in [1.807, 2.05) is 5.98 Å². The van der Waals surface area contributed by atoms with Crippen molar-refractivity contribution in [3.63, 3.8) is 0 Å². The molecule has 1 aliphatic heterocycles. The molecule has 0 saturated carbocycles. The highest BCUT2D eigenvalue weighted by molar-refractivity contribution is 6.52. The van der Waals surface area contributed by atoms with E-state index < -0.39 is 0 Å². The topological polar surface area (TPSA) is 18.5 Å². The second-order valence-corrected chi connectivity index (χ2v) is 5.90. The fourth-order valence-corrected chi connectivity index (χ4v) is 1.93. The predicted molar refractivity (Wildman–Crippen MR) is 76.3 cm³/mol. The van der Waals surface area contributed by atoms with Crippen molar-refractivity contribution in [2.45, 2.75) is 45.8 Å². The van der Waals surface area contributed by atoms with Gasteiger partial charge in [-0.3, -0.25) is 0 Å². The summed E-state index contributed by atoms with van der Waals surface area (Å²) in [6, 6.07) is 8.36. The molecule has 2 nitrogen and oxygen atoms in total. The first-order valence-corrected chi connectivity index (χ1v) is 6.41. The molecule has 0 aromatic heterocycles. The summed E-state index contributed by atoms with van der Waals surface area (Å²) in [5.41, 5.74) is 1.89. The van der Waals surface area contributed by atoms with Crippen LogP contribution >= 0.6 is 0 Å². The Morgan fingerprint density at radius 1 is 1.06 bits per heavy atom. The van der Waals surface area contributed by atoms with Crippen LogP contribution in [0.3, 0.4) is 0 Å². The van der Waals surface area contributed by atoms with Crippen molar-refractivity contribution in [1.29, 1.82) is 0 Å². The molecule has 2 rings (SSSR count). The Kier molecular flexibility index (Phi) is 3.39. The average Bonchev–Trinajstić information content (AvgIpc) is 2.45. The monoisotopic (exact) mass is 244 g/mol. The number of rotatable bonds is 2. The molecule has 1 aliphatic rings. The molecule has 1 fully saturated rings. The van der Waals surface area contributed by atoms with E-state index in [0.717, 1.165) is 0 Å². The second kappa shape index (κ2) is 4.56. The van der Waals surface area contributed by atoms with Crippen LogP contribution in [0.5, 0.6) is 0 Å². The van der Waals surface area contributed by atoms with Crippen molar-refractivity contribution in [1.82, 2.24) is 0 Å². The van der Waals surface area contributed by atoms with Crippen LogP contribution in [0.25, 0.3) is 6.08 Å². The van der Waals surface area contributed by atoms with E-state index in [4.69, 9.17) is 9.31 Å². The average molecular weight is 244 g/mol. The zero-order valence-corrected chi connectivity index (χ0v) is 11.9. The summed E-state index contributed by atoms with van der Waals surface area (Å²) in [6.45, 7) is 10.3. The third kappa shape index (κ3) is 2.68. The summed E-state index contributed by atoms with van der Waals surface area (Å²) >= 11 is 0. The van der Waals surface area contributed by atoms with Crippen LogP contribution in [0, 0.1) is 6.92 Å². The predicted octanol–water partition coefficient (Wildman–Crippen LogP) is 3.64. The molecule has 3 heteroatoms. The van der Waals surface area contributed by atoms with Crippen molar-refractivity contribution < 1.29 is 9.31 Å². The lowest BCUT2D eigenvalue weighted by atomic mass is 9.89. The van der Waals surface area contributed by atoms with Gasteiger partial charge in [-0.15, -0.1) is 0 Å². The van der Waals surface area contributed by atoms with Gasteiger partial charge in [0.05, 0.1) is 11.2 Å². The molecule has 0 bridgehead atoms. The van der Waals surface area contributed by atoms with Crippen LogP contribution < -0.4 is 0 Å². The molecule has 1 aromatic rings. The third-order valence-corrected chi connectivity index (χ3v) is 3.76. The van der Waals surface area contributed by atoms with E-state index >= 15 is 0 Å². The van der Waals surface area contributed by atoms with E-state index in [9.17, 15) is 0 Å². The van der Waals surface area contributed by atoms with E-state index in [1.165, 1.54) is 11.1 Å². The summed E-state index contributed by atoms with van der Waals surface area (Å²) < 4.78 is 11.8. The fourth-order valence-electron chi connectivity index (χ4n) is 1.93. The van der Waals surface area contributed by atoms with E-state index in [2.05, 4.69) is 65.0 Å². The zero-order valence-electron chi connectivity index (χ0n) is 11.9. The summed E-state index contributed by atoms with van der Waals surface area (Å²) in [5.74, 6) is 1.98. The fraction of sp³-hybridized carbons (Fsp3) is 0.467. The molecule has 1 heterocycles. The van der Waals surface area contributed by atoms with E-state index in [1.54, 1.807) is 0 Å². The molecule has 0 unspecified atom stereocenters. The molecule has 0 atom stereocenters. The van der Waals surface area contributed by atoms with Gasteiger partial charge in [0.2, 0.25) is 0 Å². The van der Waals surface area contributed by atoms with Crippen LogP contribution in [0.2, 0.25) is 0 Å². The first-order chi connectivity index (χ1) is 8.30. The largest absolute Gasteiger partial charge is 0.487 e. The molecule has 18 heavy (non-hydrogen) atoms. The molecule has 0 aliphatic carbocycles. The number of aryl methyl sites for hydroxylation is 1. The maximum Gasteiger partial charge on any atom is 0.487 e. The Bertz CT molecular complexity index is 447. The van der Waals surface area contributed by atoms with Crippen LogP contribution in [-0.2, 0) is 9.31 Å². The van der Waals surface area contributed by atoms with Gasteiger partial charge in [-0.25, -0.2) is 0 Å². The molecule has 96 valence electrons. The molecule has 0 radical (unpaired) electrons. The molecular formula is C15H21BO2. The van der Waals surface area contributed by atoms with Gasteiger partial charge in [0.25, 0.3) is 0 Å². The Morgan fingerprint density at radius 2 is 1.67 bits per heavy atom. The highest BCUT2D eigenvalue weighted by atomic mass is 16.7. The second-order valence-electron chi connectivity index (χ2n) is 5.90. The van der Waals surface area contributed by atoms with E-state index in [0.29, 0.717) is 0 Å². The maximum atomic E-state index is 5.91. The molecule has 0 spiro atoms. The van der Waals surface area contributed by atoms with Crippen LogP contribution in [-0.4, -0.2) is 18.3 Å². The zero-order chi connectivity index (χ0) is 13.4. The summed E-state index contributed by atoms with van der Waals surface area (Å²) in [4.78, 5) is 0. The standard InChI is InChI=1S/C15H21BO2/c1-12-7-6-8-13(11-12)9-10-16-17-14(2,3)15(4,5)18-16/h6-11H,1-5H3/b10-9-. The third-order valence-electron chi connectivity index (χ3n) is 3.76. The molecule has 1 saturated heterocycles. The van der Waals surface area contributed by atoms with Gasteiger partial charge in [0.15, 0.2) is 0 Å². The lowest BCUT2D eigenvalue weighted by Gasteiger charge is -2.32. The minimum absolute atomic E-state index is 0.268. The maximum absolute atomic E-state index is 5.91. The highest BCUT2D eigenvalue weighted by Crippen LogP contribution is 2.36. The summed E-state index contributed by atoms with van der Waals surface area (Å²) in [5, 5.41) is 0. The minimum atomic E-state index is -0.269. The van der Waals surface area contributed by atoms with Gasteiger partial charge in [-0.2, -0.15) is 0 Å². The van der Waals surface area contributed by atoms with Gasteiger partial charge < -0.3 is 9.31 Å². The summed E-state index contributed by atoms with van der Waals surface area (Å²) in [7, 11) is -0.268. The first-order valence-electron chi connectivity index (χ1n) is 6.41. The Hall–Kier alpha value is -1.06. The highest BCUT2D eigenvalue weighted by Gasteiger charge is 2.49. The van der Waals surface area contributed by atoms with Gasteiger partial charge in [-0.1, -0.05) is 41.9 Å². The van der Waals surface area contributed by atoms with Crippen molar-refractivity contribution in [3.8, 4) is 0 Å². The Morgan fingerprint density at radius 3 is 2.22 bits per heavy atom. The van der Waals surface area contributed by atoms with Gasteiger partial charge >= 0.3 is 7.12 Å². The SMILES string of the molecule is Cc1cccc(/C=C\B2OC(C)(C)C(C)(C)O2)c1.